The molecule has 0 spiro atoms. The van der Waals surface area contributed by atoms with E-state index in [1.54, 1.807) is 12.1 Å². The number of benzene rings is 1. The highest BCUT2D eigenvalue weighted by molar-refractivity contribution is 7.10. The summed E-state index contributed by atoms with van der Waals surface area (Å²) in [6.45, 7) is 0. The van der Waals surface area contributed by atoms with Crippen LogP contribution >= 0.6 is 11.5 Å². The number of aromatic nitrogens is 3. The summed E-state index contributed by atoms with van der Waals surface area (Å²) in [6, 6.07) is 14.7. The molecule has 3 rings (SSSR count). The van der Waals surface area contributed by atoms with Gasteiger partial charge in [0.05, 0.1) is 12.8 Å². The summed E-state index contributed by atoms with van der Waals surface area (Å²) >= 11 is 1.22. The van der Waals surface area contributed by atoms with Crippen molar-refractivity contribution < 1.29 is 9.53 Å². The van der Waals surface area contributed by atoms with Crippen LogP contribution in [0.2, 0.25) is 0 Å². The Morgan fingerprint density at radius 2 is 1.95 bits per heavy atom. The zero-order valence-corrected chi connectivity index (χ0v) is 12.5. The van der Waals surface area contributed by atoms with Crippen LogP contribution in [-0.2, 0) is 0 Å². The largest absolute Gasteiger partial charge is 0.480 e. The van der Waals surface area contributed by atoms with Crippen LogP contribution in [0.1, 0.15) is 10.5 Å². The number of rotatable bonds is 4. The zero-order chi connectivity index (χ0) is 15.4. The molecule has 3 aromatic rings. The third-order valence-electron chi connectivity index (χ3n) is 2.90. The molecule has 7 heteroatoms. The van der Waals surface area contributed by atoms with E-state index < -0.39 is 0 Å². The van der Waals surface area contributed by atoms with Gasteiger partial charge in [0.2, 0.25) is 5.88 Å². The number of anilines is 1. The van der Waals surface area contributed by atoms with Gasteiger partial charge in [0.15, 0.2) is 5.69 Å². The molecule has 0 unspecified atom stereocenters. The minimum atomic E-state index is -0.335. The fraction of sp³-hybridized carbons (Fsp3) is 0.0667. The van der Waals surface area contributed by atoms with Crippen LogP contribution < -0.4 is 10.1 Å². The quantitative estimate of drug-likeness (QED) is 0.801. The van der Waals surface area contributed by atoms with Gasteiger partial charge in [-0.3, -0.25) is 4.79 Å². The molecule has 0 radical (unpaired) electrons. The van der Waals surface area contributed by atoms with E-state index in [0.717, 1.165) is 11.3 Å². The highest BCUT2D eigenvalue weighted by atomic mass is 32.1. The molecule has 0 saturated heterocycles. The standard InChI is InChI=1S/C15H12N4O2S/c1-21-13-8-7-11(17-18-13)15(20)16-14-9-12(19-22-14)10-5-3-2-4-6-10/h2-9H,1H3,(H,16,20). The smallest absolute Gasteiger partial charge is 0.276 e. The zero-order valence-electron chi connectivity index (χ0n) is 11.7. The molecule has 1 N–H and O–H groups in total. The number of nitrogens with one attached hydrogen (secondary N) is 1. The Bertz CT molecular complexity index is 772. The highest BCUT2D eigenvalue weighted by Gasteiger charge is 2.11. The van der Waals surface area contributed by atoms with Crippen molar-refractivity contribution in [1.29, 1.82) is 0 Å². The number of ether oxygens (including phenoxy) is 1. The first-order valence-corrected chi connectivity index (χ1v) is 7.25. The van der Waals surface area contributed by atoms with E-state index >= 15 is 0 Å². The van der Waals surface area contributed by atoms with Crippen LogP contribution in [-0.4, -0.2) is 27.6 Å². The molecular formula is C15H12N4O2S. The lowest BCUT2D eigenvalue weighted by molar-refractivity contribution is 0.102. The lowest BCUT2D eigenvalue weighted by atomic mass is 10.2. The van der Waals surface area contributed by atoms with Gasteiger partial charge in [0.25, 0.3) is 5.91 Å². The molecule has 0 aliphatic heterocycles. The van der Waals surface area contributed by atoms with Crippen molar-refractivity contribution in [3.63, 3.8) is 0 Å². The Hall–Kier alpha value is -2.80. The first-order chi connectivity index (χ1) is 10.8. The van der Waals surface area contributed by atoms with Crippen LogP contribution in [0.3, 0.4) is 0 Å². The average molecular weight is 312 g/mol. The first-order valence-electron chi connectivity index (χ1n) is 6.47. The van der Waals surface area contributed by atoms with E-state index in [4.69, 9.17) is 4.74 Å². The molecule has 0 bridgehead atoms. The molecule has 2 heterocycles. The monoisotopic (exact) mass is 312 g/mol. The predicted octanol–water partition coefficient (Wildman–Crippen LogP) is 2.86. The second-order valence-corrected chi connectivity index (χ2v) is 5.16. The van der Waals surface area contributed by atoms with Gasteiger partial charge in [-0.2, -0.15) is 4.37 Å². The van der Waals surface area contributed by atoms with Crippen molar-refractivity contribution in [3.8, 4) is 17.1 Å². The van der Waals surface area contributed by atoms with Crippen LogP contribution in [0.15, 0.2) is 48.5 Å². The molecule has 0 aliphatic carbocycles. The van der Waals surface area contributed by atoms with Gasteiger partial charge < -0.3 is 10.1 Å². The van der Waals surface area contributed by atoms with Crippen molar-refractivity contribution in [2.24, 2.45) is 0 Å². The van der Waals surface area contributed by atoms with E-state index in [1.807, 2.05) is 36.4 Å². The summed E-state index contributed by atoms with van der Waals surface area (Å²) in [5, 5.41) is 11.0. The Morgan fingerprint density at radius 3 is 2.64 bits per heavy atom. The van der Waals surface area contributed by atoms with Gasteiger partial charge in [-0.15, -0.1) is 10.2 Å². The summed E-state index contributed by atoms with van der Waals surface area (Å²) in [5.74, 6) is 0.0270. The molecule has 6 nitrogen and oxygen atoms in total. The van der Waals surface area contributed by atoms with Crippen molar-refractivity contribution in [3.05, 3.63) is 54.2 Å². The number of hydrogen-bond donors (Lipinski definition) is 1. The summed E-state index contributed by atoms with van der Waals surface area (Å²) in [6.07, 6.45) is 0. The summed E-state index contributed by atoms with van der Waals surface area (Å²) in [7, 11) is 1.49. The second kappa shape index (κ2) is 6.31. The van der Waals surface area contributed by atoms with E-state index in [1.165, 1.54) is 18.6 Å². The lowest BCUT2D eigenvalue weighted by Gasteiger charge is -2.01. The lowest BCUT2D eigenvalue weighted by Crippen LogP contribution is -2.13. The van der Waals surface area contributed by atoms with Gasteiger partial charge in [-0.05, 0) is 17.6 Å². The molecule has 110 valence electrons. The Labute approximate surface area is 131 Å². The molecular weight excluding hydrogens is 300 g/mol. The van der Waals surface area contributed by atoms with Crippen LogP contribution in [0.4, 0.5) is 5.00 Å². The maximum absolute atomic E-state index is 12.1. The third kappa shape index (κ3) is 3.09. The van der Waals surface area contributed by atoms with Crippen molar-refractivity contribution >= 4 is 22.4 Å². The van der Waals surface area contributed by atoms with Gasteiger partial charge >= 0.3 is 0 Å². The maximum Gasteiger partial charge on any atom is 0.276 e. The second-order valence-electron chi connectivity index (χ2n) is 4.36. The van der Waals surface area contributed by atoms with Crippen LogP contribution in [0.25, 0.3) is 11.3 Å². The molecule has 0 aliphatic rings. The van der Waals surface area contributed by atoms with Crippen molar-refractivity contribution in [2.45, 2.75) is 0 Å². The average Bonchev–Trinajstić information content (AvgIpc) is 3.04. The van der Waals surface area contributed by atoms with Crippen LogP contribution in [0, 0.1) is 0 Å². The molecule has 0 atom stereocenters. The van der Waals surface area contributed by atoms with Gasteiger partial charge in [0.1, 0.15) is 5.00 Å². The van der Waals surface area contributed by atoms with Gasteiger partial charge in [-0.25, -0.2) is 0 Å². The number of carbonyl (C=O) groups is 1. The number of amides is 1. The maximum atomic E-state index is 12.1. The number of methoxy groups -OCH3 is 1. The summed E-state index contributed by atoms with van der Waals surface area (Å²) in [4.78, 5) is 12.1. The van der Waals surface area contributed by atoms with E-state index in [2.05, 4.69) is 19.9 Å². The highest BCUT2D eigenvalue weighted by Crippen LogP contribution is 2.25. The molecule has 22 heavy (non-hydrogen) atoms. The van der Waals surface area contributed by atoms with Gasteiger partial charge in [0, 0.05) is 17.7 Å². The summed E-state index contributed by atoms with van der Waals surface area (Å²) < 4.78 is 9.24. The molecule has 2 aromatic heterocycles. The van der Waals surface area contributed by atoms with Crippen LogP contribution in [0.5, 0.6) is 5.88 Å². The number of carbonyl (C=O) groups excluding carboxylic acids is 1. The Balaban J connectivity index is 1.73. The number of hydrogen-bond acceptors (Lipinski definition) is 6. The fourth-order valence-corrected chi connectivity index (χ4v) is 2.46. The third-order valence-corrected chi connectivity index (χ3v) is 3.60. The molecule has 1 amide bonds. The topological polar surface area (TPSA) is 77.0 Å². The normalized spacial score (nSPS) is 10.2. The molecule has 0 fully saturated rings. The Morgan fingerprint density at radius 1 is 1.14 bits per heavy atom. The van der Waals surface area contributed by atoms with Crippen molar-refractivity contribution in [1.82, 2.24) is 14.6 Å². The Kier molecular flexibility index (Phi) is 4.06. The van der Waals surface area contributed by atoms with Crippen molar-refractivity contribution in [2.75, 3.05) is 12.4 Å². The van der Waals surface area contributed by atoms with E-state index in [-0.39, 0.29) is 11.6 Å². The number of nitrogens with zero attached hydrogens (tertiary/aromatic N) is 3. The predicted molar refractivity (Wildman–Crippen MR) is 84.1 cm³/mol. The fourth-order valence-electron chi connectivity index (χ4n) is 1.81. The molecule has 0 saturated carbocycles. The minimum absolute atomic E-state index is 0.218. The molecule has 1 aromatic carbocycles. The summed E-state index contributed by atoms with van der Waals surface area (Å²) in [5.41, 5.74) is 2.04. The first kappa shape index (κ1) is 14.2. The minimum Gasteiger partial charge on any atom is -0.480 e. The van der Waals surface area contributed by atoms with E-state index in [9.17, 15) is 4.79 Å². The van der Waals surface area contributed by atoms with E-state index in [0.29, 0.717) is 10.9 Å². The van der Waals surface area contributed by atoms with Gasteiger partial charge in [-0.1, -0.05) is 30.3 Å². The SMILES string of the molecule is COc1ccc(C(=O)Nc2cc(-c3ccccc3)ns2)nn1.